The number of anilines is 4. The highest BCUT2D eigenvalue weighted by atomic mass is 32.2. The fraction of sp³-hybridized carbons (Fsp3) is 0.327. The maximum absolute atomic E-state index is 13.4. The summed E-state index contributed by atoms with van der Waals surface area (Å²) in [5.74, 6) is -0.634. The van der Waals surface area contributed by atoms with Gasteiger partial charge >= 0.3 is 0 Å². The molecule has 19 heteroatoms. The first kappa shape index (κ1) is 51.4. The quantitative estimate of drug-likeness (QED) is 0.0465. The first-order valence-corrected chi connectivity index (χ1v) is 25.9. The third-order valence-electron chi connectivity index (χ3n) is 12.8. The molecular weight excluding hydrogens is 933 g/mol. The molecule has 0 aromatic heterocycles. The number of fused-ring (bicyclic) bond motifs is 2. The summed E-state index contributed by atoms with van der Waals surface area (Å²) in [7, 11) is -15.3. The van der Waals surface area contributed by atoms with Crippen LogP contribution in [-0.2, 0) is 39.9 Å². The van der Waals surface area contributed by atoms with E-state index in [1.807, 2.05) is 20.8 Å². The fourth-order valence-corrected chi connectivity index (χ4v) is 9.97. The molecule has 4 aromatic carbocycles. The lowest BCUT2D eigenvalue weighted by Gasteiger charge is -2.25. The number of amides is 2. The zero-order valence-electron chi connectivity index (χ0n) is 39.9. The average Bonchev–Trinajstić information content (AvgIpc) is 3.24. The van der Waals surface area contributed by atoms with Crippen molar-refractivity contribution >= 4 is 81.6 Å². The molecule has 0 saturated heterocycles. The van der Waals surface area contributed by atoms with Crippen LogP contribution in [0, 0.1) is 52.4 Å². The fourth-order valence-electron chi connectivity index (χ4n) is 7.98. The van der Waals surface area contributed by atoms with E-state index in [1.54, 1.807) is 74.4 Å². The number of nitrogens with one attached hydrogen (secondary N) is 3. The van der Waals surface area contributed by atoms with Crippen molar-refractivity contribution in [2.75, 3.05) is 16.0 Å². The molecule has 2 aliphatic rings. The monoisotopic (exact) mass is 988 g/mol. The van der Waals surface area contributed by atoms with E-state index in [4.69, 9.17) is 9.41 Å². The molecule has 6 rings (SSSR count). The predicted molar refractivity (Wildman–Crippen MR) is 263 cm³/mol. The van der Waals surface area contributed by atoms with Gasteiger partial charge < -0.3 is 20.4 Å². The number of carbonyl (C=O) groups is 2. The summed E-state index contributed by atoms with van der Waals surface area (Å²) in [6.45, 7) is 21.5. The van der Waals surface area contributed by atoms with Crippen molar-refractivity contribution in [3.05, 3.63) is 99.4 Å². The topological polar surface area (TPSA) is 259 Å². The summed E-state index contributed by atoms with van der Waals surface area (Å²) in [4.78, 5) is 29.3. The molecule has 16 nitrogen and oxygen atoms in total. The Hall–Kier alpha value is -5.96. The van der Waals surface area contributed by atoms with Gasteiger partial charge in [-0.1, -0.05) is 71.9 Å². The molecule has 1 heterocycles. The standard InChI is InChI=1S/C49H56N4O12S3/c1-13-48(9,10)46(54)52-44-27(5)19-25(3)42(29(44)7)50-34-23-36-32(21-39(34)67(59,60)61)41(31-17-15-16-18-38(31)66(56,57)58)33-22-40(68(62,63)64)35(24-37(33)65-36)51-43-26(4)20-28(6)45(30(43)8)53-47(55)49(11,12)14-2/h15-24,50H,13-14H2,1-12H3,(H,52,54)(H,53,55)(H,56,57,58)(H,59,60,61)(H,62,63,64). The van der Waals surface area contributed by atoms with E-state index in [1.165, 1.54) is 30.3 Å². The first-order chi connectivity index (χ1) is 31.3. The van der Waals surface area contributed by atoms with Crippen molar-refractivity contribution in [3.63, 3.8) is 0 Å². The molecule has 0 radical (unpaired) electrons. The van der Waals surface area contributed by atoms with Crippen molar-refractivity contribution in [3.8, 4) is 22.5 Å². The van der Waals surface area contributed by atoms with Gasteiger partial charge in [-0.3, -0.25) is 23.2 Å². The summed E-state index contributed by atoms with van der Waals surface area (Å²) in [6.07, 6.45) is 1.09. The second-order valence-corrected chi connectivity index (χ2v) is 22.6. The van der Waals surface area contributed by atoms with Crippen LogP contribution in [0.15, 0.2) is 84.8 Å². The zero-order valence-corrected chi connectivity index (χ0v) is 42.3. The molecule has 0 spiro atoms. The molecule has 362 valence electrons. The van der Waals surface area contributed by atoms with Gasteiger partial charge in [0.2, 0.25) is 11.8 Å². The number of nitrogens with zero attached hydrogens (tertiary/aromatic N) is 1. The maximum atomic E-state index is 13.4. The third-order valence-corrected chi connectivity index (χ3v) is 15.4. The van der Waals surface area contributed by atoms with Crippen LogP contribution in [0.1, 0.15) is 87.8 Å². The minimum atomic E-state index is -5.17. The lowest BCUT2D eigenvalue weighted by Crippen LogP contribution is -2.30. The second kappa shape index (κ2) is 18.2. The van der Waals surface area contributed by atoms with Gasteiger partial charge in [0.25, 0.3) is 30.4 Å². The number of rotatable bonds is 13. The van der Waals surface area contributed by atoms with Crippen LogP contribution in [0.4, 0.5) is 28.4 Å². The van der Waals surface area contributed by atoms with Crippen LogP contribution in [-0.4, -0.2) is 50.7 Å². The molecule has 0 bridgehead atoms. The van der Waals surface area contributed by atoms with E-state index in [0.29, 0.717) is 57.7 Å². The van der Waals surface area contributed by atoms with Crippen molar-refractivity contribution in [2.45, 2.75) is 111 Å². The van der Waals surface area contributed by atoms with Crippen LogP contribution in [0.3, 0.4) is 0 Å². The van der Waals surface area contributed by atoms with Crippen molar-refractivity contribution in [1.29, 1.82) is 0 Å². The summed E-state index contributed by atoms with van der Waals surface area (Å²) in [6, 6.07) is 13.2. The molecule has 6 N–H and O–H groups in total. The summed E-state index contributed by atoms with van der Waals surface area (Å²) in [5.41, 5.74) is 2.88. The Balaban J connectivity index is 1.74. The molecule has 0 atom stereocenters. The Morgan fingerprint density at radius 2 is 1.10 bits per heavy atom. The van der Waals surface area contributed by atoms with Gasteiger partial charge in [0.15, 0.2) is 0 Å². The van der Waals surface area contributed by atoms with Gasteiger partial charge in [0.05, 0.1) is 16.7 Å². The van der Waals surface area contributed by atoms with E-state index < -0.39 is 55.9 Å². The molecule has 2 amide bonds. The molecule has 0 unspecified atom stereocenters. The lowest BCUT2D eigenvalue weighted by atomic mass is 9.88. The maximum Gasteiger partial charge on any atom is 0.296 e. The molecule has 0 fully saturated rings. The van der Waals surface area contributed by atoms with Crippen molar-refractivity contribution < 1.29 is 52.9 Å². The van der Waals surface area contributed by atoms with Gasteiger partial charge in [-0.15, -0.1) is 0 Å². The van der Waals surface area contributed by atoms with Crippen LogP contribution in [0.2, 0.25) is 0 Å². The Morgan fingerprint density at radius 3 is 1.63 bits per heavy atom. The van der Waals surface area contributed by atoms with E-state index in [2.05, 4.69) is 16.0 Å². The Labute approximate surface area is 396 Å². The summed E-state index contributed by atoms with van der Waals surface area (Å²) >= 11 is 0. The smallest absolute Gasteiger partial charge is 0.296 e. The van der Waals surface area contributed by atoms with Crippen LogP contribution >= 0.6 is 0 Å². The minimum Gasteiger partial charge on any atom is -0.456 e. The molecule has 1 aliphatic carbocycles. The highest BCUT2D eigenvalue weighted by molar-refractivity contribution is 7.86. The molecule has 4 aromatic rings. The first-order valence-electron chi connectivity index (χ1n) is 21.6. The van der Waals surface area contributed by atoms with Gasteiger partial charge in [0.1, 0.15) is 26.0 Å². The number of hydrogen-bond donors (Lipinski definition) is 6. The van der Waals surface area contributed by atoms with Crippen LogP contribution < -0.4 is 21.3 Å². The second-order valence-electron chi connectivity index (χ2n) is 18.4. The highest BCUT2D eigenvalue weighted by Gasteiger charge is 2.31. The normalized spacial score (nSPS) is 13.0. The number of carbonyl (C=O) groups excluding carboxylic acids is 2. The third kappa shape index (κ3) is 9.95. The van der Waals surface area contributed by atoms with Crippen LogP contribution in [0.25, 0.3) is 33.4 Å². The SMILES string of the molecule is CCC(C)(C)C(=O)Nc1c(C)cc(C)c(N=c2cc3oc4cc(Nc5c(C)cc(C)c(NC(=O)C(C)(C)CC)c5C)c(S(=O)(=O)O)cc4c(-c4ccccc4S(=O)(=O)O)c-3cc2S(=O)(=O)O)c1C. The molecule has 68 heavy (non-hydrogen) atoms. The number of benzene rings is 5. The largest absolute Gasteiger partial charge is 0.456 e. The van der Waals surface area contributed by atoms with Gasteiger partial charge in [-0.25, -0.2) is 4.99 Å². The minimum absolute atomic E-state index is 0.120. The van der Waals surface area contributed by atoms with E-state index in [-0.39, 0.29) is 62.0 Å². The van der Waals surface area contributed by atoms with E-state index >= 15 is 0 Å². The number of hydrogen-bond acceptors (Lipinski definition) is 11. The number of aryl methyl sites for hydroxylation is 4. The zero-order chi connectivity index (χ0) is 50.8. The molecular formula is C49H56N4O12S3. The van der Waals surface area contributed by atoms with Crippen LogP contribution in [0.5, 0.6) is 0 Å². The van der Waals surface area contributed by atoms with Gasteiger partial charge in [-0.05, 0) is 106 Å². The van der Waals surface area contributed by atoms with E-state index in [9.17, 15) is 48.5 Å². The van der Waals surface area contributed by atoms with Gasteiger partial charge in [0, 0.05) is 62.1 Å². The average molecular weight is 989 g/mol. The Bertz CT molecular complexity index is 3480. The Kier molecular flexibility index (Phi) is 13.7. The van der Waals surface area contributed by atoms with Gasteiger partial charge in [-0.2, -0.15) is 25.3 Å². The van der Waals surface area contributed by atoms with Crippen molar-refractivity contribution in [1.82, 2.24) is 0 Å². The Morgan fingerprint density at radius 1 is 0.603 bits per heavy atom. The molecule has 1 aliphatic heterocycles. The summed E-state index contributed by atoms with van der Waals surface area (Å²) in [5, 5.41) is 8.63. The van der Waals surface area contributed by atoms with Crippen molar-refractivity contribution in [2.24, 2.45) is 15.8 Å². The lowest BCUT2D eigenvalue weighted by molar-refractivity contribution is -0.124. The van der Waals surface area contributed by atoms with E-state index in [0.717, 1.165) is 23.8 Å². The highest BCUT2D eigenvalue weighted by Crippen LogP contribution is 2.46. The molecule has 0 saturated carbocycles. The summed E-state index contributed by atoms with van der Waals surface area (Å²) < 4.78 is 118. The predicted octanol–water partition coefficient (Wildman–Crippen LogP) is 10.5.